The van der Waals surface area contributed by atoms with Gasteiger partial charge in [-0.15, -0.1) is 6.58 Å². The normalized spacial score (nSPS) is 19.1. The van der Waals surface area contributed by atoms with Crippen molar-refractivity contribution in [2.24, 2.45) is 11.8 Å². The summed E-state index contributed by atoms with van der Waals surface area (Å²) in [7, 11) is 0. The summed E-state index contributed by atoms with van der Waals surface area (Å²) < 4.78 is 5.12. The van der Waals surface area contributed by atoms with Crippen LogP contribution in [0.5, 0.6) is 0 Å². The van der Waals surface area contributed by atoms with Crippen LogP contribution in [0.4, 0.5) is 4.79 Å². The first-order valence-electron chi connectivity index (χ1n) is 7.69. The van der Waals surface area contributed by atoms with E-state index in [0.29, 0.717) is 12.8 Å². The largest absolute Gasteiger partial charge is 0.447 e. The van der Waals surface area contributed by atoms with E-state index in [-0.39, 0.29) is 30.4 Å². The number of cyclic esters (lactones) is 1. The Balaban J connectivity index is 2.16. The lowest BCUT2D eigenvalue weighted by atomic mass is 9.90. The molecule has 2 rings (SSSR count). The maximum Gasteiger partial charge on any atom is 0.416 e. The molecule has 0 N–H and O–H groups in total. The number of allylic oxidation sites excluding steroid dienone is 1. The van der Waals surface area contributed by atoms with Crippen molar-refractivity contribution in [2.45, 2.75) is 32.7 Å². The van der Waals surface area contributed by atoms with Gasteiger partial charge in [0.25, 0.3) is 0 Å². The van der Waals surface area contributed by atoms with Crippen molar-refractivity contribution in [1.29, 1.82) is 0 Å². The predicted octanol–water partition coefficient (Wildman–Crippen LogP) is 3.42. The first kappa shape index (κ1) is 16.3. The van der Waals surface area contributed by atoms with Gasteiger partial charge in [0.2, 0.25) is 5.91 Å². The molecular weight excluding hydrogens is 278 g/mol. The Morgan fingerprint density at radius 1 is 1.41 bits per heavy atom. The van der Waals surface area contributed by atoms with Gasteiger partial charge in [-0.3, -0.25) is 4.79 Å². The zero-order valence-corrected chi connectivity index (χ0v) is 13.2. The average molecular weight is 301 g/mol. The van der Waals surface area contributed by atoms with Crippen LogP contribution in [0.2, 0.25) is 0 Å². The van der Waals surface area contributed by atoms with Gasteiger partial charge in [0.15, 0.2) is 0 Å². The molecule has 4 heteroatoms. The monoisotopic (exact) mass is 301 g/mol. The number of imide groups is 1. The van der Waals surface area contributed by atoms with Crippen LogP contribution in [-0.2, 0) is 16.0 Å². The lowest BCUT2D eigenvalue weighted by Gasteiger charge is -2.26. The molecule has 0 aromatic heterocycles. The van der Waals surface area contributed by atoms with Gasteiger partial charge in [0.1, 0.15) is 6.61 Å². The molecule has 1 aliphatic heterocycles. The molecule has 0 radical (unpaired) electrons. The Bertz CT molecular complexity index is 539. The van der Waals surface area contributed by atoms with Gasteiger partial charge >= 0.3 is 6.09 Å². The number of carbonyl (C=O) groups excluding carboxylic acids is 2. The van der Waals surface area contributed by atoms with E-state index in [1.165, 1.54) is 4.90 Å². The van der Waals surface area contributed by atoms with Gasteiger partial charge in [0.05, 0.1) is 6.04 Å². The van der Waals surface area contributed by atoms with Crippen molar-refractivity contribution >= 4 is 12.0 Å². The number of benzene rings is 1. The summed E-state index contributed by atoms with van der Waals surface area (Å²) >= 11 is 0. The summed E-state index contributed by atoms with van der Waals surface area (Å²) in [5.74, 6) is -0.240. The van der Waals surface area contributed by atoms with E-state index in [4.69, 9.17) is 4.74 Å². The summed E-state index contributed by atoms with van der Waals surface area (Å²) in [6, 6.07) is 9.61. The van der Waals surface area contributed by atoms with Gasteiger partial charge < -0.3 is 4.74 Å². The summed E-state index contributed by atoms with van der Waals surface area (Å²) in [4.78, 5) is 26.1. The topological polar surface area (TPSA) is 46.6 Å². The van der Waals surface area contributed by atoms with Gasteiger partial charge in [-0.2, -0.15) is 0 Å². The van der Waals surface area contributed by atoms with Crippen LogP contribution in [0, 0.1) is 11.8 Å². The molecule has 1 fully saturated rings. The van der Waals surface area contributed by atoms with E-state index in [1.807, 2.05) is 44.2 Å². The highest BCUT2D eigenvalue weighted by Crippen LogP contribution is 2.25. The second-order valence-corrected chi connectivity index (χ2v) is 6.00. The van der Waals surface area contributed by atoms with Gasteiger partial charge in [-0.05, 0) is 24.3 Å². The standard InChI is InChI=1S/C18H23NO3/c1-4-8-16(13(2)3)17(20)19-15(12-22-18(19)21)11-14-9-6-5-7-10-14/h4-7,9-10,13,15-16H,1,8,11-12H2,2-3H3/t15-,16-/m1/s1. The minimum Gasteiger partial charge on any atom is -0.447 e. The predicted molar refractivity (Wildman–Crippen MR) is 85.3 cm³/mol. The number of hydrogen-bond acceptors (Lipinski definition) is 3. The lowest BCUT2D eigenvalue weighted by Crippen LogP contribution is -2.44. The van der Waals surface area contributed by atoms with E-state index in [9.17, 15) is 9.59 Å². The summed E-state index contributed by atoms with van der Waals surface area (Å²) in [5.41, 5.74) is 1.09. The number of nitrogens with zero attached hydrogens (tertiary/aromatic N) is 1. The van der Waals surface area contributed by atoms with Gasteiger partial charge in [0, 0.05) is 5.92 Å². The molecule has 0 unspecified atom stereocenters. The summed E-state index contributed by atoms with van der Waals surface area (Å²) in [5, 5.41) is 0. The molecule has 2 atom stereocenters. The molecule has 118 valence electrons. The number of carbonyl (C=O) groups is 2. The van der Waals surface area contributed by atoms with Crippen molar-refractivity contribution < 1.29 is 14.3 Å². The Morgan fingerprint density at radius 3 is 2.68 bits per heavy atom. The Hall–Kier alpha value is -2.10. The fraction of sp³-hybridized carbons (Fsp3) is 0.444. The van der Waals surface area contributed by atoms with Crippen LogP contribution in [0.3, 0.4) is 0 Å². The van der Waals surface area contributed by atoms with E-state index in [0.717, 1.165) is 5.56 Å². The van der Waals surface area contributed by atoms with Gasteiger partial charge in [-0.25, -0.2) is 9.69 Å². The fourth-order valence-corrected chi connectivity index (χ4v) is 2.78. The molecule has 1 aromatic rings. The van der Waals surface area contributed by atoms with Crippen molar-refractivity contribution in [2.75, 3.05) is 6.61 Å². The highest BCUT2D eigenvalue weighted by Gasteiger charge is 2.41. The van der Waals surface area contributed by atoms with Crippen molar-refractivity contribution in [3.63, 3.8) is 0 Å². The molecule has 22 heavy (non-hydrogen) atoms. The Morgan fingerprint density at radius 2 is 2.09 bits per heavy atom. The Kier molecular flexibility index (Phi) is 5.36. The van der Waals surface area contributed by atoms with Crippen molar-refractivity contribution in [3.05, 3.63) is 48.6 Å². The van der Waals surface area contributed by atoms with Crippen LogP contribution in [0.15, 0.2) is 43.0 Å². The third-order valence-electron chi connectivity index (χ3n) is 4.06. The first-order valence-corrected chi connectivity index (χ1v) is 7.69. The molecule has 1 saturated heterocycles. The minimum atomic E-state index is -0.527. The van der Waals surface area contributed by atoms with Crippen LogP contribution < -0.4 is 0 Å². The smallest absolute Gasteiger partial charge is 0.416 e. The van der Waals surface area contributed by atoms with Crippen LogP contribution in [0.25, 0.3) is 0 Å². The van der Waals surface area contributed by atoms with Crippen molar-refractivity contribution in [1.82, 2.24) is 4.90 Å². The lowest BCUT2D eigenvalue weighted by molar-refractivity contribution is -0.134. The van der Waals surface area contributed by atoms with Crippen LogP contribution in [0.1, 0.15) is 25.8 Å². The zero-order chi connectivity index (χ0) is 16.1. The fourth-order valence-electron chi connectivity index (χ4n) is 2.78. The molecule has 0 spiro atoms. The summed E-state index contributed by atoms with van der Waals surface area (Å²) in [6.07, 6.45) is 2.40. The molecule has 4 nitrogen and oxygen atoms in total. The zero-order valence-electron chi connectivity index (χ0n) is 13.2. The molecular formula is C18H23NO3. The minimum absolute atomic E-state index is 0.149. The number of amides is 2. The second kappa shape index (κ2) is 7.25. The number of hydrogen-bond donors (Lipinski definition) is 0. The molecule has 0 saturated carbocycles. The van der Waals surface area contributed by atoms with E-state index in [1.54, 1.807) is 6.08 Å². The van der Waals surface area contributed by atoms with E-state index in [2.05, 4.69) is 6.58 Å². The highest BCUT2D eigenvalue weighted by atomic mass is 16.6. The molecule has 2 amide bonds. The SMILES string of the molecule is C=CC[C@@H](C(=O)N1C(=O)OC[C@H]1Cc1ccccc1)C(C)C. The molecule has 1 aliphatic rings. The Labute approximate surface area is 131 Å². The molecule has 1 aromatic carbocycles. The first-order chi connectivity index (χ1) is 10.5. The van der Waals surface area contributed by atoms with Gasteiger partial charge in [-0.1, -0.05) is 50.3 Å². The number of rotatable bonds is 6. The highest BCUT2D eigenvalue weighted by molar-refractivity contribution is 5.95. The second-order valence-electron chi connectivity index (χ2n) is 6.00. The maximum atomic E-state index is 12.8. The number of ether oxygens (including phenoxy) is 1. The van der Waals surface area contributed by atoms with E-state index < -0.39 is 6.09 Å². The quantitative estimate of drug-likeness (QED) is 0.756. The van der Waals surface area contributed by atoms with Crippen molar-refractivity contribution in [3.8, 4) is 0 Å². The van der Waals surface area contributed by atoms with Crippen LogP contribution in [-0.4, -0.2) is 29.5 Å². The van der Waals surface area contributed by atoms with Crippen LogP contribution >= 0.6 is 0 Å². The molecule has 0 bridgehead atoms. The summed E-state index contributed by atoms with van der Waals surface area (Å²) in [6.45, 7) is 7.94. The maximum absolute atomic E-state index is 12.8. The van der Waals surface area contributed by atoms with E-state index >= 15 is 0 Å². The third kappa shape index (κ3) is 3.56. The molecule has 1 heterocycles. The average Bonchev–Trinajstić information content (AvgIpc) is 2.85. The molecule has 0 aliphatic carbocycles. The third-order valence-corrected chi connectivity index (χ3v) is 4.06.